The highest BCUT2D eigenvalue weighted by Gasteiger charge is 2.17. The largest absolute Gasteiger partial charge is 0.283 e. The zero-order valence-electron chi connectivity index (χ0n) is 16.9. The van der Waals surface area contributed by atoms with Gasteiger partial charge in [0.15, 0.2) is 0 Å². The van der Waals surface area contributed by atoms with E-state index >= 15 is 0 Å². The predicted molar refractivity (Wildman–Crippen MR) is 134 cm³/mol. The van der Waals surface area contributed by atoms with Crippen LogP contribution in [0.3, 0.4) is 0 Å². The van der Waals surface area contributed by atoms with Gasteiger partial charge in [-0.1, -0.05) is 48.0 Å². The minimum atomic E-state index is -0.335. The molecule has 0 atom stereocenters. The van der Waals surface area contributed by atoms with Crippen molar-refractivity contribution in [2.24, 2.45) is 5.10 Å². The summed E-state index contributed by atoms with van der Waals surface area (Å²) < 4.78 is 2.79. The maximum Gasteiger partial charge on any atom is 0.283 e. The van der Waals surface area contributed by atoms with Crippen molar-refractivity contribution in [2.45, 2.75) is 6.92 Å². The maximum absolute atomic E-state index is 12.7. The molecule has 0 unspecified atom stereocenters. The van der Waals surface area contributed by atoms with Gasteiger partial charge in [0, 0.05) is 21.8 Å². The molecule has 32 heavy (non-hydrogen) atoms. The van der Waals surface area contributed by atoms with E-state index in [0.717, 1.165) is 37.5 Å². The van der Waals surface area contributed by atoms with Crippen LogP contribution in [0.4, 0.5) is 0 Å². The summed E-state index contributed by atoms with van der Waals surface area (Å²) in [5.74, 6) is -0.335. The Bertz CT molecular complexity index is 1440. The Balaban J connectivity index is 1.42. The molecular formula is C24H17ClN4OS2. The van der Waals surface area contributed by atoms with Gasteiger partial charge in [-0.15, -0.1) is 22.7 Å². The van der Waals surface area contributed by atoms with Crippen LogP contribution < -0.4 is 5.43 Å². The highest BCUT2D eigenvalue weighted by Crippen LogP contribution is 2.35. The fourth-order valence-electron chi connectivity index (χ4n) is 3.33. The number of rotatable bonds is 5. The van der Waals surface area contributed by atoms with E-state index in [0.29, 0.717) is 9.90 Å². The third-order valence-electron chi connectivity index (χ3n) is 4.88. The Kier molecular flexibility index (Phi) is 5.61. The fourth-order valence-corrected chi connectivity index (χ4v) is 5.57. The van der Waals surface area contributed by atoms with Gasteiger partial charge in [-0.3, -0.25) is 4.79 Å². The molecule has 0 aliphatic carbocycles. The molecule has 2 aromatic carbocycles. The molecule has 5 aromatic rings. The van der Waals surface area contributed by atoms with Crippen molar-refractivity contribution in [3.05, 3.63) is 93.3 Å². The molecule has 0 spiro atoms. The average molecular weight is 477 g/mol. The van der Waals surface area contributed by atoms with Crippen LogP contribution in [-0.2, 0) is 0 Å². The smallest absolute Gasteiger partial charge is 0.266 e. The average Bonchev–Trinajstić information content (AvgIpc) is 3.53. The summed E-state index contributed by atoms with van der Waals surface area (Å²) in [5, 5.41) is 12.3. The van der Waals surface area contributed by atoms with Gasteiger partial charge in [-0.25, -0.2) is 10.1 Å². The Morgan fingerprint density at radius 3 is 2.78 bits per heavy atom. The number of aryl methyl sites for hydroxylation is 1. The van der Waals surface area contributed by atoms with Gasteiger partial charge in [0.2, 0.25) is 0 Å². The topological polar surface area (TPSA) is 59.3 Å². The first-order valence-electron chi connectivity index (χ1n) is 9.81. The second-order valence-electron chi connectivity index (χ2n) is 7.13. The first-order valence-corrected chi connectivity index (χ1v) is 11.9. The number of carbonyl (C=O) groups is 1. The van der Waals surface area contributed by atoms with Crippen molar-refractivity contribution in [1.29, 1.82) is 0 Å². The maximum atomic E-state index is 12.7. The first kappa shape index (κ1) is 20.6. The number of amides is 1. The van der Waals surface area contributed by atoms with E-state index in [-0.39, 0.29) is 5.91 Å². The number of nitrogens with zero attached hydrogens (tertiary/aromatic N) is 3. The predicted octanol–water partition coefficient (Wildman–Crippen LogP) is 6.54. The second kappa shape index (κ2) is 8.70. The van der Waals surface area contributed by atoms with Crippen molar-refractivity contribution >= 4 is 56.5 Å². The molecule has 3 heterocycles. The molecule has 8 heteroatoms. The summed E-state index contributed by atoms with van der Waals surface area (Å²) in [6.07, 6.45) is 3.51. The van der Waals surface area contributed by atoms with E-state index in [9.17, 15) is 4.79 Å². The fraction of sp³-hybridized carbons (Fsp3) is 0.0417. The van der Waals surface area contributed by atoms with Crippen LogP contribution in [0.2, 0.25) is 5.02 Å². The zero-order valence-corrected chi connectivity index (χ0v) is 19.3. The summed E-state index contributed by atoms with van der Waals surface area (Å²) >= 11 is 9.41. The molecule has 0 fully saturated rings. The van der Waals surface area contributed by atoms with Crippen LogP contribution in [-0.4, -0.2) is 21.9 Å². The van der Waals surface area contributed by atoms with Crippen LogP contribution in [0.1, 0.15) is 20.8 Å². The molecule has 1 amide bonds. The third-order valence-corrected chi connectivity index (χ3v) is 7.41. The molecule has 5 rings (SSSR count). The van der Waals surface area contributed by atoms with Crippen molar-refractivity contribution in [1.82, 2.24) is 15.2 Å². The van der Waals surface area contributed by atoms with E-state index < -0.39 is 0 Å². The zero-order chi connectivity index (χ0) is 22.1. The third kappa shape index (κ3) is 3.98. The Morgan fingerprint density at radius 1 is 1.16 bits per heavy atom. The van der Waals surface area contributed by atoms with Gasteiger partial charge in [0.05, 0.1) is 21.8 Å². The summed E-state index contributed by atoms with van der Waals surface area (Å²) in [7, 11) is 0. The Hall–Kier alpha value is -3.26. The molecule has 1 N–H and O–H groups in total. The number of thiophene rings is 2. The molecule has 3 aromatic heterocycles. The lowest BCUT2D eigenvalue weighted by Gasteiger charge is -1.98. The number of hydrogen-bond donors (Lipinski definition) is 1. The molecule has 158 valence electrons. The van der Waals surface area contributed by atoms with E-state index in [1.54, 1.807) is 17.6 Å². The van der Waals surface area contributed by atoms with E-state index in [4.69, 9.17) is 16.7 Å². The monoisotopic (exact) mass is 476 g/mol. The van der Waals surface area contributed by atoms with Crippen LogP contribution in [0.15, 0.2) is 77.3 Å². The molecule has 0 radical (unpaired) electrons. The molecule has 0 aliphatic rings. The van der Waals surface area contributed by atoms with Gasteiger partial charge in [0.25, 0.3) is 5.91 Å². The van der Waals surface area contributed by atoms with Gasteiger partial charge in [-0.05, 0) is 42.1 Å². The van der Waals surface area contributed by atoms with E-state index in [1.807, 2.05) is 83.8 Å². The lowest BCUT2D eigenvalue weighted by molar-refractivity contribution is 0.0959. The molecule has 0 saturated carbocycles. The lowest BCUT2D eigenvalue weighted by atomic mass is 10.2. The van der Waals surface area contributed by atoms with Gasteiger partial charge >= 0.3 is 0 Å². The lowest BCUT2D eigenvalue weighted by Crippen LogP contribution is -2.16. The molecular weight excluding hydrogens is 460 g/mol. The molecule has 5 nitrogen and oxygen atoms in total. The SMILES string of the molecule is Cc1ccc2c(Cl)c(C(=O)N/N=C/c3cn(-c4ccccc4)nc3-c3cccs3)sc2c1. The van der Waals surface area contributed by atoms with Crippen LogP contribution in [0.5, 0.6) is 0 Å². The summed E-state index contributed by atoms with van der Waals surface area (Å²) in [6, 6.07) is 19.8. The molecule has 0 saturated heterocycles. The summed E-state index contributed by atoms with van der Waals surface area (Å²) in [5.41, 5.74) is 6.28. The number of halogens is 1. The normalized spacial score (nSPS) is 11.4. The molecule has 0 aliphatic heterocycles. The number of hydrazone groups is 1. The highest BCUT2D eigenvalue weighted by molar-refractivity contribution is 7.21. The van der Waals surface area contributed by atoms with Crippen LogP contribution >= 0.6 is 34.3 Å². The van der Waals surface area contributed by atoms with Gasteiger partial charge < -0.3 is 0 Å². The molecule has 0 bridgehead atoms. The van der Waals surface area contributed by atoms with Gasteiger partial charge in [-0.2, -0.15) is 10.2 Å². The number of benzene rings is 2. The number of hydrogen-bond acceptors (Lipinski definition) is 5. The second-order valence-corrected chi connectivity index (χ2v) is 9.51. The van der Waals surface area contributed by atoms with Crippen LogP contribution in [0, 0.1) is 6.92 Å². The number of nitrogens with one attached hydrogen (secondary N) is 1. The summed E-state index contributed by atoms with van der Waals surface area (Å²) in [6.45, 7) is 2.01. The number of fused-ring (bicyclic) bond motifs is 1. The van der Waals surface area contributed by atoms with Gasteiger partial charge in [0.1, 0.15) is 10.6 Å². The number of aromatic nitrogens is 2. The van der Waals surface area contributed by atoms with Crippen molar-refractivity contribution in [3.63, 3.8) is 0 Å². The quantitative estimate of drug-likeness (QED) is 0.231. The number of carbonyl (C=O) groups excluding carboxylic acids is 1. The highest BCUT2D eigenvalue weighted by atomic mass is 35.5. The van der Waals surface area contributed by atoms with Crippen molar-refractivity contribution in [3.8, 4) is 16.3 Å². The first-order chi connectivity index (χ1) is 15.6. The Morgan fingerprint density at radius 2 is 2.00 bits per heavy atom. The van der Waals surface area contributed by atoms with Crippen molar-refractivity contribution in [2.75, 3.05) is 0 Å². The van der Waals surface area contributed by atoms with Crippen LogP contribution in [0.25, 0.3) is 26.3 Å². The van der Waals surface area contributed by atoms with Crippen molar-refractivity contribution < 1.29 is 4.79 Å². The number of para-hydroxylation sites is 1. The van der Waals surface area contributed by atoms with E-state index in [2.05, 4.69) is 10.5 Å². The summed E-state index contributed by atoms with van der Waals surface area (Å²) in [4.78, 5) is 14.2. The standard InChI is InChI=1S/C24H17ClN4OS2/c1-15-9-10-18-20(12-15)32-23(21(18)25)24(30)27-26-13-16-14-29(17-6-3-2-4-7-17)28-22(16)19-8-5-11-31-19/h2-14H,1H3,(H,27,30)/b26-13+. The van der Waals surface area contributed by atoms with E-state index in [1.165, 1.54) is 11.3 Å². The minimum Gasteiger partial charge on any atom is -0.266 e. The minimum absolute atomic E-state index is 0.335. The Labute approximate surface area is 197 Å².